The SMILES string of the molecule is C=C1C(O)=C(C(=O)NCc2ccc(F)cc2S(=O)(=O)N2CC(C)CC(C)C2)N=C2N1CCOC2(C)C. The van der Waals surface area contributed by atoms with Gasteiger partial charge in [-0.2, -0.15) is 4.31 Å². The third-order valence-electron chi connectivity index (χ3n) is 6.75. The topological polar surface area (TPSA) is 112 Å². The summed E-state index contributed by atoms with van der Waals surface area (Å²) in [6.07, 6.45) is 0.920. The monoisotopic (exact) mass is 520 g/mol. The molecule has 2 N–H and O–H groups in total. The first-order chi connectivity index (χ1) is 16.8. The molecule has 2 unspecified atom stereocenters. The van der Waals surface area contributed by atoms with Gasteiger partial charge in [0.1, 0.15) is 17.3 Å². The van der Waals surface area contributed by atoms with Gasteiger partial charge in [-0.1, -0.05) is 26.5 Å². The summed E-state index contributed by atoms with van der Waals surface area (Å²) in [5.41, 5.74) is -0.565. The van der Waals surface area contributed by atoms with Crippen molar-refractivity contribution in [2.75, 3.05) is 26.2 Å². The molecule has 0 aromatic heterocycles. The van der Waals surface area contributed by atoms with Crippen LogP contribution in [-0.2, 0) is 26.1 Å². The van der Waals surface area contributed by atoms with E-state index in [0.29, 0.717) is 32.1 Å². The lowest BCUT2D eigenvalue weighted by atomic mass is 9.94. The number of carbonyl (C=O) groups excluding carboxylic acids is 1. The lowest BCUT2D eigenvalue weighted by molar-refractivity contribution is -0.118. The highest BCUT2D eigenvalue weighted by atomic mass is 32.2. The zero-order chi connectivity index (χ0) is 26.4. The van der Waals surface area contributed by atoms with Crippen molar-refractivity contribution in [2.45, 2.75) is 51.2 Å². The molecular weight excluding hydrogens is 487 g/mol. The first-order valence-corrected chi connectivity index (χ1v) is 13.4. The molecule has 4 rings (SSSR count). The van der Waals surface area contributed by atoms with Crippen molar-refractivity contribution >= 4 is 21.8 Å². The Balaban J connectivity index is 1.59. The standard InChI is InChI=1S/C25H33FN4O5S/c1-15-10-16(2)14-29(13-15)36(33,34)20-11-19(26)7-6-18(20)12-27-23(32)21-22(31)17(3)30-8-9-35-25(4,5)24(30)28-21/h6-7,11,15-16,31H,3,8-10,12-14H2,1-2,4-5H3,(H,27,32). The van der Waals surface area contributed by atoms with Crippen LogP contribution in [0.2, 0.25) is 0 Å². The van der Waals surface area contributed by atoms with Crippen molar-refractivity contribution in [3.8, 4) is 0 Å². The number of amidine groups is 1. The van der Waals surface area contributed by atoms with Crippen LogP contribution < -0.4 is 5.32 Å². The van der Waals surface area contributed by atoms with Crippen LogP contribution in [0.15, 0.2) is 51.8 Å². The van der Waals surface area contributed by atoms with Gasteiger partial charge in [0.25, 0.3) is 5.91 Å². The number of ether oxygens (including phenoxy) is 1. The molecule has 0 bridgehead atoms. The minimum absolute atomic E-state index is 0.182. The summed E-state index contributed by atoms with van der Waals surface area (Å²) in [5.74, 6) is -0.952. The average Bonchev–Trinajstić information content (AvgIpc) is 2.79. The predicted octanol–water partition coefficient (Wildman–Crippen LogP) is 2.91. The third-order valence-corrected chi connectivity index (χ3v) is 8.66. The fourth-order valence-corrected chi connectivity index (χ4v) is 6.95. The van der Waals surface area contributed by atoms with Crippen LogP contribution in [0.5, 0.6) is 0 Å². The van der Waals surface area contributed by atoms with Gasteiger partial charge in [-0.05, 0) is 49.8 Å². The highest BCUT2D eigenvalue weighted by molar-refractivity contribution is 7.89. The lowest BCUT2D eigenvalue weighted by Crippen LogP contribution is -2.54. The molecule has 0 saturated carbocycles. The quantitative estimate of drug-likeness (QED) is 0.618. The van der Waals surface area contributed by atoms with Crippen LogP contribution in [0.25, 0.3) is 0 Å². The number of benzene rings is 1. The zero-order valence-corrected chi connectivity index (χ0v) is 21.9. The fourth-order valence-electron chi connectivity index (χ4n) is 5.04. The maximum absolute atomic E-state index is 14.2. The van der Waals surface area contributed by atoms with Crippen molar-refractivity contribution in [3.63, 3.8) is 0 Å². The van der Waals surface area contributed by atoms with Gasteiger partial charge in [-0.25, -0.2) is 17.8 Å². The summed E-state index contributed by atoms with van der Waals surface area (Å²) >= 11 is 0. The first kappa shape index (κ1) is 26.3. The molecule has 3 heterocycles. The number of sulfonamides is 1. The Bertz CT molecular complexity index is 1250. The highest BCUT2D eigenvalue weighted by Gasteiger charge is 2.41. The van der Waals surface area contributed by atoms with Crippen LogP contribution in [0.1, 0.15) is 39.7 Å². The molecule has 2 fully saturated rings. The molecule has 3 aliphatic rings. The second kappa shape index (κ2) is 9.60. The van der Waals surface area contributed by atoms with Crippen LogP contribution in [0.4, 0.5) is 4.39 Å². The summed E-state index contributed by atoms with van der Waals surface area (Å²) in [6, 6.07) is 3.49. The minimum Gasteiger partial charge on any atom is -0.504 e. The van der Waals surface area contributed by atoms with E-state index in [0.717, 1.165) is 18.6 Å². The molecule has 1 aromatic rings. The maximum atomic E-state index is 14.2. The number of hydrogen-bond acceptors (Lipinski definition) is 7. The number of fused-ring (bicyclic) bond motifs is 1. The van der Waals surface area contributed by atoms with E-state index in [2.05, 4.69) is 16.9 Å². The van der Waals surface area contributed by atoms with Gasteiger partial charge in [0.2, 0.25) is 10.0 Å². The number of amides is 1. The molecule has 36 heavy (non-hydrogen) atoms. The van der Waals surface area contributed by atoms with Gasteiger partial charge < -0.3 is 20.1 Å². The Morgan fingerprint density at radius 2 is 1.97 bits per heavy atom. The normalized spacial score (nSPS) is 24.9. The Kier molecular flexibility index (Phi) is 7.02. The lowest BCUT2D eigenvalue weighted by Gasteiger charge is -2.43. The average molecular weight is 521 g/mol. The number of rotatable bonds is 5. The van der Waals surface area contributed by atoms with Crippen LogP contribution in [0.3, 0.4) is 0 Å². The molecule has 2 saturated heterocycles. The van der Waals surface area contributed by atoms with Crippen LogP contribution >= 0.6 is 0 Å². The molecule has 2 atom stereocenters. The summed E-state index contributed by atoms with van der Waals surface area (Å²) in [4.78, 5) is 18.9. The van der Waals surface area contributed by atoms with Crippen molar-refractivity contribution in [1.82, 2.24) is 14.5 Å². The molecule has 196 valence electrons. The highest BCUT2D eigenvalue weighted by Crippen LogP contribution is 2.32. The fraction of sp³-hybridized carbons (Fsp3) is 0.520. The number of morpholine rings is 1. The van der Waals surface area contributed by atoms with Crippen molar-refractivity contribution in [3.05, 3.63) is 53.3 Å². The smallest absolute Gasteiger partial charge is 0.274 e. The van der Waals surface area contributed by atoms with E-state index in [4.69, 9.17) is 4.74 Å². The minimum atomic E-state index is -3.99. The van der Waals surface area contributed by atoms with E-state index in [1.165, 1.54) is 10.4 Å². The van der Waals surface area contributed by atoms with E-state index >= 15 is 0 Å². The molecule has 0 aliphatic carbocycles. The number of hydrogen-bond donors (Lipinski definition) is 2. The third kappa shape index (κ3) is 4.91. The summed E-state index contributed by atoms with van der Waals surface area (Å²) in [7, 11) is -3.99. The maximum Gasteiger partial charge on any atom is 0.274 e. The van der Waals surface area contributed by atoms with E-state index in [9.17, 15) is 22.7 Å². The number of piperidine rings is 1. The molecule has 1 aromatic carbocycles. The van der Waals surface area contributed by atoms with Gasteiger partial charge in [0.15, 0.2) is 11.5 Å². The molecule has 3 aliphatic heterocycles. The van der Waals surface area contributed by atoms with Crippen molar-refractivity contribution in [2.24, 2.45) is 16.8 Å². The summed E-state index contributed by atoms with van der Waals surface area (Å²) in [5, 5.41) is 13.3. The molecule has 1 amide bonds. The summed E-state index contributed by atoms with van der Waals surface area (Å²) < 4.78 is 48.2. The van der Waals surface area contributed by atoms with Gasteiger partial charge >= 0.3 is 0 Å². The van der Waals surface area contributed by atoms with Gasteiger partial charge in [0.05, 0.1) is 17.2 Å². The number of nitrogens with one attached hydrogen (secondary N) is 1. The van der Waals surface area contributed by atoms with E-state index in [1.54, 1.807) is 18.7 Å². The van der Waals surface area contributed by atoms with Crippen LogP contribution in [-0.4, -0.2) is 66.3 Å². The van der Waals surface area contributed by atoms with E-state index in [1.807, 2.05) is 13.8 Å². The van der Waals surface area contributed by atoms with E-state index < -0.39 is 27.3 Å². The number of aliphatic imine (C=N–C) groups is 1. The molecular formula is C25H33FN4O5S. The number of nitrogens with zero attached hydrogens (tertiary/aromatic N) is 3. The number of carbonyl (C=O) groups is 1. The van der Waals surface area contributed by atoms with Gasteiger partial charge in [-0.3, -0.25) is 4.79 Å². The molecule has 11 heteroatoms. The largest absolute Gasteiger partial charge is 0.504 e. The number of halogens is 1. The molecule has 9 nitrogen and oxygen atoms in total. The van der Waals surface area contributed by atoms with Crippen molar-refractivity contribution in [1.29, 1.82) is 0 Å². The first-order valence-electron chi connectivity index (χ1n) is 12.0. The predicted molar refractivity (Wildman–Crippen MR) is 133 cm³/mol. The van der Waals surface area contributed by atoms with Crippen molar-refractivity contribution < 1.29 is 27.4 Å². The summed E-state index contributed by atoms with van der Waals surface area (Å²) in [6.45, 7) is 12.8. The molecule has 0 radical (unpaired) electrons. The Morgan fingerprint density at radius 1 is 1.31 bits per heavy atom. The van der Waals surface area contributed by atoms with Gasteiger partial charge in [0, 0.05) is 26.2 Å². The zero-order valence-electron chi connectivity index (χ0n) is 21.0. The second-order valence-electron chi connectivity index (χ2n) is 10.3. The second-order valence-corrected chi connectivity index (χ2v) is 12.2. The van der Waals surface area contributed by atoms with E-state index in [-0.39, 0.29) is 46.0 Å². The van der Waals surface area contributed by atoms with Gasteiger partial charge in [-0.15, -0.1) is 0 Å². The Labute approximate surface area is 211 Å². The Morgan fingerprint density at radius 3 is 2.64 bits per heavy atom. The van der Waals surface area contributed by atoms with Crippen LogP contribution in [0, 0.1) is 17.7 Å². The number of aliphatic hydroxyl groups excluding tert-OH is 1. The Hall–Kier alpha value is -2.76. The molecule has 0 spiro atoms. The number of aliphatic hydroxyl groups is 1.